The number of sulfonamides is 1. The lowest BCUT2D eigenvalue weighted by molar-refractivity contribution is 0.254. The number of hydrogen-bond donors (Lipinski definition) is 1. The molecule has 0 radical (unpaired) electrons. The zero-order valence-electron chi connectivity index (χ0n) is 12.6. The Labute approximate surface area is 130 Å². The van der Waals surface area contributed by atoms with E-state index in [1.807, 2.05) is 32.0 Å². The van der Waals surface area contributed by atoms with Crippen LogP contribution in [0.5, 0.6) is 5.75 Å². The van der Waals surface area contributed by atoms with Crippen LogP contribution in [0.1, 0.15) is 25.0 Å². The maximum atomic E-state index is 12.3. The molecular formula is C15H19N3O3S. The van der Waals surface area contributed by atoms with E-state index in [0.29, 0.717) is 6.54 Å². The van der Waals surface area contributed by atoms with Crippen LogP contribution >= 0.6 is 0 Å². The summed E-state index contributed by atoms with van der Waals surface area (Å²) in [5, 5.41) is 4.18. The molecule has 0 saturated heterocycles. The number of aromatic nitrogens is 2. The highest BCUT2D eigenvalue weighted by molar-refractivity contribution is 7.89. The lowest BCUT2D eigenvalue weighted by Crippen LogP contribution is -2.25. The molecule has 3 rings (SSSR count). The molecule has 0 unspecified atom stereocenters. The van der Waals surface area contributed by atoms with Gasteiger partial charge in [-0.3, -0.25) is 4.68 Å². The van der Waals surface area contributed by atoms with Crippen LogP contribution in [-0.4, -0.2) is 24.3 Å². The standard InChI is InChI=1S/C15H19N3O3S/c1-3-18-15(6-7-16-18)22(19,20)17-10-12-4-5-14-13(9-12)8-11(2)21-14/h4-7,9,11,17H,3,8,10H2,1-2H3/t11-/m0/s1. The molecule has 1 aliphatic rings. The zero-order chi connectivity index (χ0) is 15.7. The van der Waals surface area contributed by atoms with E-state index in [-0.39, 0.29) is 17.7 Å². The van der Waals surface area contributed by atoms with E-state index in [1.165, 1.54) is 16.9 Å². The fraction of sp³-hybridized carbons (Fsp3) is 0.400. The van der Waals surface area contributed by atoms with Crippen LogP contribution in [0.2, 0.25) is 0 Å². The summed E-state index contributed by atoms with van der Waals surface area (Å²) in [6, 6.07) is 7.29. The minimum atomic E-state index is -3.56. The number of nitrogens with zero attached hydrogens (tertiary/aromatic N) is 2. The van der Waals surface area contributed by atoms with Gasteiger partial charge in [-0.15, -0.1) is 0 Å². The highest BCUT2D eigenvalue weighted by Gasteiger charge is 2.21. The van der Waals surface area contributed by atoms with Crippen molar-refractivity contribution in [1.29, 1.82) is 0 Å². The monoisotopic (exact) mass is 321 g/mol. The first-order valence-electron chi connectivity index (χ1n) is 7.29. The summed E-state index contributed by atoms with van der Waals surface area (Å²) in [4.78, 5) is 0. The summed E-state index contributed by atoms with van der Waals surface area (Å²) in [7, 11) is -3.56. The molecule has 1 aliphatic heterocycles. The van der Waals surface area contributed by atoms with Gasteiger partial charge in [0.2, 0.25) is 0 Å². The maximum absolute atomic E-state index is 12.3. The van der Waals surface area contributed by atoms with Crippen molar-refractivity contribution in [3.63, 3.8) is 0 Å². The quantitative estimate of drug-likeness (QED) is 0.910. The first-order valence-corrected chi connectivity index (χ1v) is 8.78. The molecule has 1 N–H and O–H groups in total. The average molecular weight is 321 g/mol. The minimum Gasteiger partial charge on any atom is -0.490 e. The first-order chi connectivity index (χ1) is 10.5. The fourth-order valence-electron chi connectivity index (χ4n) is 2.62. The number of benzene rings is 1. The van der Waals surface area contributed by atoms with Gasteiger partial charge in [0.1, 0.15) is 11.9 Å². The molecule has 6 nitrogen and oxygen atoms in total. The predicted octanol–water partition coefficient (Wildman–Crippen LogP) is 1.70. The van der Waals surface area contributed by atoms with Gasteiger partial charge in [0.25, 0.3) is 10.0 Å². The van der Waals surface area contributed by atoms with E-state index in [0.717, 1.165) is 23.3 Å². The van der Waals surface area contributed by atoms with Crippen LogP contribution in [0.25, 0.3) is 0 Å². The molecule has 7 heteroatoms. The maximum Gasteiger partial charge on any atom is 0.258 e. The third-order valence-electron chi connectivity index (χ3n) is 3.68. The number of aryl methyl sites for hydroxylation is 1. The molecule has 0 saturated carbocycles. The highest BCUT2D eigenvalue weighted by Crippen LogP contribution is 2.29. The van der Waals surface area contributed by atoms with E-state index >= 15 is 0 Å². The van der Waals surface area contributed by atoms with Crippen molar-refractivity contribution in [2.24, 2.45) is 0 Å². The lowest BCUT2D eigenvalue weighted by Gasteiger charge is -2.09. The van der Waals surface area contributed by atoms with E-state index in [1.54, 1.807) is 0 Å². The summed E-state index contributed by atoms with van der Waals surface area (Å²) in [6.07, 6.45) is 2.53. The molecule has 1 aromatic heterocycles. The van der Waals surface area contributed by atoms with Gasteiger partial charge >= 0.3 is 0 Å². The molecule has 118 valence electrons. The third-order valence-corrected chi connectivity index (χ3v) is 5.10. The molecule has 1 atom stereocenters. The average Bonchev–Trinajstić information content (AvgIpc) is 3.09. The molecule has 0 spiro atoms. The molecule has 0 aliphatic carbocycles. The Morgan fingerprint density at radius 2 is 2.23 bits per heavy atom. The highest BCUT2D eigenvalue weighted by atomic mass is 32.2. The van der Waals surface area contributed by atoms with Gasteiger partial charge in [0.05, 0.1) is 6.20 Å². The number of hydrogen-bond acceptors (Lipinski definition) is 4. The summed E-state index contributed by atoms with van der Waals surface area (Å²) >= 11 is 0. The Bertz CT molecular complexity index is 783. The molecule has 2 heterocycles. The number of fused-ring (bicyclic) bond motifs is 1. The van der Waals surface area contributed by atoms with E-state index in [9.17, 15) is 8.42 Å². The van der Waals surface area contributed by atoms with Crippen molar-refractivity contribution < 1.29 is 13.2 Å². The Hall–Kier alpha value is -1.86. The molecule has 0 fully saturated rings. The van der Waals surface area contributed by atoms with Gasteiger partial charge < -0.3 is 4.74 Å². The first kappa shape index (κ1) is 15.1. The van der Waals surface area contributed by atoms with Crippen molar-refractivity contribution in [1.82, 2.24) is 14.5 Å². The lowest BCUT2D eigenvalue weighted by atomic mass is 10.1. The summed E-state index contributed by atoms with van der Waals surface area (Å²) in [6.45, 7) is 4.64. The van der Waals surface area contributed by atoms with E-state index in [4.69, 9.17) is 4.74 Å². The Kier molecular flexibility index (Phi) is 3.92. The number of ether oxygens (including phenoxy) is 1. The molecular weight excluding hydrogens is 302 g/mol. The van der Waals surface area contributed by atoms with Crippen molar-refractivity contribution in [2.45, 2.75) is 44.5 Å². The second kappa shape index (κ2) is 5.73. The van der Waals surface area contributed by atoms with Crippen LogP contribution in [0.3, 0.4) is 0 Å². The normalized spacial score (nSPS) is 17.3. The summed E-state index contributed by atoms with van der Waals surface area (Å²) in [5.41, 5.74) is 2.05. The largest absolute Gasteiger partial charge is 0.490 e. The van der Waals surface area contributed by atoms with Crippen LogP contribution in [0.15, 0.2) is 35.5 Å². The van der Waals surface area contributed by atoms with Crippen molar-refractivity contribution in [3.05, 3.63) is 41.6 Å². The van der Waals surface area contributed by atoms with Crippen molar-refractivity contribution in [3.8, 4) is 5.75 Å². The second-order valence-corrected chi connectivity index (χ2v) is 7.10. The predicted molar refractivity (Wildman–Crippen MR) is 82.2 cm³/mol. The molecule has 22 heavy (non-hydrogen) atoms. The Balaban J connectivity index is 1.74. The van der Waals surface area contributed by atoms with Gasteiger partial charge in [0, 0.05) is 19.5 Å². The van der Waals surface area contributed by atoms with Crippen LogP contribution < -0.4 is 9.46 Å². The van der Waals surface area contributed by atoms with Gasteiger partial charge in [-0.05, 0) is 37.1 Å². The van der Waals surface area contributed by atoms with Crippen LogP contribution in [0, 0.1) is 0 Å². The number of rotatable bonds is 5. The van der Waals surface area contributed by atoms with Gasteiger partial charge in [-0.25, -0.2) is 13.1 Å². The fourth-order valence-corrected chi connectivity index (χ4v) is 3.82. The smallest absolute Gasteiger partial charge is 0.258 e. The SMILES string of the molecule is CCn1nccc1S(=O)(=O)NCc1ccc2c(c1)C[C@H](C)O2. The molecule has 0 bridgehead atoms. The van der Waals surface area contributed by atoms with Crippen molar-refractivity contribution in [2.75, 3.05) is 0 Å². The van der Waals surface area contributed by atoms with Gasteiger partial charge in [0.15, 0.2) is 5.03 Å². The molecule has 0 amide bonds. The third kappa shape index (κ3) is 2.86. The summed E-state index contributed by atoms with van der Waals surface area (Å²) in [5.74, 6) is 0.892. The van der Waals surface area contributed by atoms with E-state index in [2.05, 4.69) is 9.82 Å². The Morgan fingerprint density at radius 3 is 3.00 bits per heavy atom. The van der Waals surface area contributed by atoms with E-state index < -0.39 is 10.0 Å². The zero-order valence-corrected chi connectivity index (χ0v) is 13.4. The van der Waals surface area contributed by atoms with Gasteiger partial charge in [-0.1, -0.05) is 12.1 Å². The number of nitrogens with one attached hydrogen (secondary N) is 1. The molecule has 2 aromatic rings. The van der Waals surface area contributed by atoms with Crippen LogP contribution in [0.4, 0.5) is 0 Å². The minimum absolute atomic E-state index is 0.181. The second-order valence-electron chi connectivity index (χ2n) is 5.38. The van der Waals surface area contributed by atoms with Crippen molar-refractivity contribution >= 4 is 10.0 Å². The van der Waals surface area contributed by atoms with Gasteiger partial charge in [-0.2, -0.15) is 5.10 Å². The Morgan fingerprint density at radius 1 is 1.41 bits per heavy atom. The summed E-state index contributed by atoms with van der Waals surface area (Å²) < 4.78 is 34.4. The topological polar surface area (TPSA) is 73.2 Å². The van der Waals surface area contributed by atoms with Crippen LogP contribution in [-0.2, 0) is 29.5 Å². The molecule has 1 aromatic carbocycles.